The van der Waals surface area contributed by atoms with Crippen molar-refractivity contribution >= 4 is 44.8 Å². The van der Waals surface area contributed by atoms with Crippen LogP contribution in [0, 0.1) is 0 Å². The first-order chi connectivity index (χ1) is 14.8. The predicted octanol–water partition coefficient (Wildman–Crippen LogP) is 4.83. The fourth-order valence-electron chi connectivity index (χ4n) is 2.87. The van der Waals surface area contributed by atoms with Crippen LogP contribution in [0.15, 0.2) is 77.7 Å². The van der Waals surface area contributed by atoms with Gasteiger partial charge in [0.15, 0.2) is 0 Å². The summed E-state index contributed by atoms with van der Waals surface area (Å²) in [5.74, 6) is -0.0392. The molecule has 0 aliphatic heterocycles. The number of hydrogen-bond donors (Lipinski definition) is 1. The van der Waals surface area contributed by atoms with Crippen LogP contribution in [0.4, 0.5) is 5.69 Å². The Morgan fingerprint density at radius 1 is 0.935 bits per heavy atom. The molecular formula is C22H20Cl2N2O4S. The molecule has 31 heavy (non-hydrogen) atoms. The van der Waals surface area contributed by atoms with Gasteiger partial charge in [0.25, 0.3) is 0 Å². The fraction of sp³-hybridized carbons (Fsp3) is 0.136. The molecule has 1 amide bonds. The molecule has 0 heterocycles. The van der Waals surface area contributed by atoms with Crippen LogP contribution in [0.2, 0.25) is 10.0 Å². The maximum absolute atomic E-state index is 13.3. The number of amides is 1. The lowest BCUT2D eigenvalue weighted by molar-refractivity contribution is -0.116. The summed E-state index contributed by atoms with van der Waals surface area (Å²) >= 11 is 12.2. The van der Waals surface area contributed by atoms with Crippen LogP contribution in [0.25, 0.3) is 0 Å². The summed E-state index contributed by atoms with van der Waals surface area (Å²) in [6.45, 7) is -0.413. The van der Waals surface area contributed by atoms with Crippen molar-refractivity contribution in [1.29, 1.82) is 0 Å². The van der Waals surface area contributed by atoms with Gasteiger partial charge in [-0.3, -0.25) is 4.79 Å². The monoisotopic (exact) mass is 478 g/mol. The summed E-state index contributed by atoms with van der Waals surface area (Å²) in [6.07, 6.45) is 0. The van der Waals surface area contributed by atoms with Crippen molar-refractivity contribution in [2.45, 2.75) is 11.4 Å². The van der Waals surface area contributed by atoms with E-state index in [1.165, 1.54) is 19.2 Å². The zero-order chi connectivity index (χ0) is 22.4. The molecule has 162 valence electrons. The second kappa shape index (κ2) is 10.2. The van der Waals surface area contributed by atoms with E-state index in [-0.39, 0.29) is 27.2 Å². The Morgan fingerprint density at radius 3 is 2.13 bits per heavy atom. The average molecular weight is 479 g/mol. The van der Waals surface area contributed by atoms with Gasteiger partial charge in [-0.2, -0.15) is 4.31 Å². The van der Waals surface area contributed by atoms with E-state index < -0.39 is 22.5 Å². The van der Waals surface area contributed by atoms with Gasteiger partial charge >= 0.3 is 0 Å². The Hall–Kier alpha value is -2.58. The van der Waals surface area contributed by atoms with Gasteiger partial charge in [0.05, 0.1) is 34.3 Å². The largest absolute Gasteiger partial charge is 0.497 e. The topological polar surface area (TPSA) is 75.7 Å². The molecule has 9 heteroatoms. The lowest BCUT2D eigenvalue weighted by Crippen LogP contribution is -2.37. The maximum atomic E-state index is 13.3. The van der Waals surface area contributed by atoms with Gasteiger partial charge in [-0.25, -0.2) is 8.42 Å². The first-order valence-corrected chi connectivity index (χ1v) is 11.4. The molecule has 1 N–H and O–H groups in total. The van der Waals surface area contributed by atoms with E-state index in [1.54, 1.807) is 54.6 Å². The second-order valence-corrected chi connectivity index (χ2v) is 9.33. The van der Waals surface area contributed by atoms with Crippen LogP contribution >= 0.6 is 23.2 Å². The highest BCUT2D eigenvalue weighted by atomic mass is 35.5. The van der Waals surface area contributed by atoms with Crippen molar-refractivity contribution in [3.63, 3.8) is 0 Å². The molecule has 0 saturated carbocycles. The van der Waals surface area contributed by atoms with Crippen molar-refractivity contribution in [3.05, 3.63) is 88.4 Å². The first kappa shape index (κ1) is 23.1. The SMILES string of the molecule is COc1ccc(S(=O)(=O)N(CC(=O)Nc2c(Cl)cccc2Cl)Cc2ccccc2)cc1. The third kappa shape index (κ3) is 5.77. The van der Waals surface area contributed by atoms with Gasteiger partial charge in [-0.15, -0.1) is 0 Å². The van der Waals surface area contributed by atoms with E-state index in [2.05, 4.69) is 5.32 Å². The van der Waals surface area contributed by atoms with Crippen molar-refractivity contribution in [2.75, 3.05) is 19.0 Å². The number of nitrogens with one attached hydrogen (secondary N) is 1. The standard InChI is InChI=1S/C22H20Cl2N2O4S/c1-30-17-10-12-18(13-11-17)31(28,29)26(14-16-6-3-2-4-7-16)15-21(27)25-22-19(23)8-5-9-20(22)24/h2-13H,14-15H2,1H3,(H,25,27). The minimum Gasteiger partial charge on any atom is -0.497 e. The van der Waals surface area contributed by atoms with Crippen molar-refractivity contribution in [3.8, 4) is 5.75 Å². The van der Waals surface area contributed by atoms with Crippen LogP contribution in [0.1, 0.15) is 5.56 Å². The third-order valence-electron chi connectivity index (χ3n) is 4.45. The summed E-state index contributed by atoms with van der Waals surface area (Å²) < 4.78 is 32.8. The summed E-state index contributed by atoms with van der Waals surface area (Å²) in [4.78, 5) is 12.8. The van der Waals surface area contributed by atoms with E-state index in [0.717, 1.165) is 9.87 Å². The van der Waals surface area contributed by atoms with Gasteiger partial charge in [0.1, 0.15) is 5.75 Å². The van der Waals surface area contributed by atoms with E-state index >= 15 is 0 Å². The van der Waals surface area contributed by atoms with E-state index in [1.807, 2.05) is 6.07 Å². The minimum atomic E-state index is -3.98. The Morgan fingerprint density at radius 2 is 1.55 bits per heavy atom. The number of rotatable bonds is 8. The number of nitrogens with zero attached hydrogens (tertiary/aromatic N) is 1. The molecule has 0 unspecified atom stereocenters. The fourth-order valence-corrected chi connectivity index (χ4v) is 4.74. The molecule has 3 rings (SSSR count). The minimum absolute atomic E-state index is 0.0128. The number of para-hydroxylation sites is 1. The lowest BCUT2D eigenvalue weighted by atomic mass is 10.2. The van der Waals surface area contributed by atoms with Crippen LogP contribution in [-0.2, 0) is 21.4 Å². The molecule has 0 aromatic heterocycles. The first-order valence-electron chi connectivity index (χ1n) is 9.23. The molecule has 0 saturated heterocycles. The van der Waals surface area contributed by atoms with Crippen molar-refractivity contribution < 1.29 is 17.9 Å². The maximum Gasteiger partial charge on any atom is 0.243 e. The molecule has 0 bridgehead atoms. The second-order valence-electron chi connectivity index (χ2n) is 6.58. The number of carbonyl (C=O) groups is 1. The number of hydrogen-bond acceptors (Lipinski definition) is 4. The van der Waals surface area contributed by atoms with Crippen LogP contribution in [0.5, 0.6) is 5.75 Å². The quantitative estimate of drug-likeness (QED) is 0.502. The Balaban J connectivity index is 1.89. The molecule has 0 radical (unpaired) electrons. The number of anilines is 1. The predicted molar refractivity (Wildman–Crippen MR) is 122 cm³/mol. The van der Waals surface area contributed by atoms with Gasteiger partial charge in [-0.1, -0.05) is 59.6 Å². The number of sulfonamides is 1. The van der Waals surface area contributed by atoms with Crippen molar-refractivity contribution in [1.82, 2.24) is 4.31 Å². The number of carbonyl (C=O) groups excluding carboxylic acids is 1. The Bertz CT molecular complexity index is 1130. The van der Waals surface area contributed by atoms with Gasteiger partial charge in [0, 0.05) is 6.54 Å². The highest BCUT2D eigenvalue weighted by Crippen LogP contribution is 2.30. The zero-order valence-electron chi connectivity index (χ0n) is 16.6. The summed E-state index contributed by atoms with van der Waals surface area (Å²) in [7, 11) is -2.49. The average Bonchev–Trinajstić information content (AvgIpc) is 2.76. The smallest absolute Gasteiger partial charge is 0.243 e. The molecule has 0 fully saturated rings. The van der Waals surface area contributed by atoms with Gasteiger partial charge in [-0.05, 0) is 42.0 Å². The van der Waals surface area contributed by atoms with Crippen LogP contribution < -0.4 is 10.1 Å². The van der Waals surface area contributed by atoms with Crippen LogP contribution in [0.3, 0.4) is 0 Å². The van der Waals surface area contributed by atoms with Crippen LogP contribution in [-0.4, -0.2) is 32.3 Å². The third-order valence-corrected chi connectivity index (χ3v) is 6.88. The summed E-state index contributed by atoms with van der Waals surface area (Å²) in [5, 5.41) is 3.12. The molecule has 0 aliphatic rings. The molecule has 0 atom stereocenters. The Labute approximate surface area is 191 Å². The van der Waals surface area contributed by atoms with Gasteiger partial charge in [0.2, 0.25) is 15.9 Å². The molecule has 3 aromatic rings. The van der Waals surface area contributed by atoms with Crippen molar-refractivity contribution in [2.24, 2.45) is 0 Å². The lowest BCUT2D eigenvalue weighted by Gasteiger charge is -2.22. The normalized spacial score (nSPS) is 11.4. The van der Waals surface area contributed by atoms with E-state index in [0.29, 0.717) is 5.75 Å². The number of ether oxygens (including phenoxy) is 1. The Kier molecular flexibility index (Phi) is 7.56. The number of methoxy groups -OCH3 is 1. The zero-order valence-corrected chi connectivity index (χ0v) is 18.9. The summed E-state index contributed by atoms with van der Waals surface area (Å²) in [5.41, 5.74) is 0.973. The molecular weight excluding hydrogens is 459 g/mol. The summed E-state index contributed by atoms with van der Waals surface area (Å²) in [6, 6.07) is 19.8. The van der Waals surface area contributed by atoms with Gasteiger partial charge < -0.3 is 10.1 Å². The highest BCUT2D eigenvalue weighted by Gasteiger charge is 2.27. The molecule has 6 nitrogen and oxygen atoms in total. The number of benzene rings is 3. The van der Waals surface area contributed by atoms with E-state index in [4.69, 9.17) is 27.9 Å². The molecule has 3 aromatic carbocycles. The number of halogens is 2. The molecule has 0 spiro atoms. The molecule has 0 aliphatic carbocycles. The highest BCUT2D eigenvalue weighted by molar-refractivity contribution is 7.89. The van der Waals surface area contributed by atoms with E-state index in [9.17, 15) is 13.2 Å².